The van der Waals surface area contributed by atoms with Crippen molar-refractivity contribution < 1.29 is 27.5 Å². The molecule has 2 aromatic rings. The van der Waals surface area contributed by atoms with Gasteiger partial charge in [0.1, 0.15) is 5.82 Å². The molecular weight excluding hydrogens is 585 g/mol. The number of nitrogens with two attached hydrogens (primary N) is 1. The molecule has 0 saturated carbocycles. The van der Waals surface area contributed by atoms with Crippen molar-refractivity contribution in [1.29, 1.82) is 0 Å². The number of nitrogens with zero attached hydrogens (tertiary/aromatic N) is 2. The highest BCUT2D eigenvalue weighted by Gasteiger charge is 2.45. The Hall–Kier alpha value is -2.77. The van der Waals surface area contributed by atoms with Crippen molar-refractivity contribution in [3.8, 4) is 0 Å². The quantitative estimate of drug-likeness (QED) is 0.372. The molecule has 13 heteroatoms. The van der Waals surface area contributed by atoms with Gasteiger partial charge in [-0.1, -0.05) is 29.8 Å². The van der Waals surface area contributed by atoms with Gasteiger partial charge in [0, 0.05) is 60.0 Å². The number of carbonyl (C=O) groups is 2. The van der Waals surface area contributed by atoms with Crippen LogP contribution >= 0.6 is 11.6 Å². The molecule has 2 bridgehead atoms. The van der Waals surface area contributed by atoms with Crippen molar-refractivity contribution >= 4 is 39.3 Å². The van der Waals surface area contributed by atoms with E-state index in [-0.39, 0.29) is 48.6 Å². The van der Waals surface area contributed by atoms with Gasteiger partial charge in [0.05, 0.1) is 11.8 Å². The first-order chi connectivity index (χ1) is 20.0. The highest BCUT2D eigenvalue weighted by Crippen LogP contribution is 2.39. The van der Waals surface area contributed by atoms with E-state index in [9.17, 15) is 23.1 Å². The largest absolute Gasteiger partial charge is 0.465 e. The molecule has 2 unspecified atom stereocenters. The minimum Gasteiger partial charge on any atom is -0.465 e. The average molecular weight is 622 g/mol. The molecule has 2 amide bonds. The van der Waals surface area contributed by atoms with E-state index in [0.29, 0.717) is 43.8 Å². The summed E-state index contributed by atoms with van der Waals surface area (Å²) in [6.07, 6.45) is 1.64. The number of carbonyl (C=O) groups excluding carboxylic acids is 1. The van der Waals surface area contributed by atoms with Gasteiger partial charge < -0.3 is 26.4 Å². The van der Waals surface area contributed by atoms with Crippen molar-refractivity contribution in [3.05, 3.63) is 64.4 Å². The van der Waals surface area contributed by atoms with Crippen molar-refractivity contribution in [3.63, 3.8) is 0 Å². The Morgan fingerprint density at radius 2 is 1.90 bits per heavy atom. The summed E-state index contributed by atoms with van der Waals surface area (Å²) in [6.45, 7) is 1.32. The van der Waals surface area contributed by atoms with Crippen LogP contribution in [0.3, 0.4) is 0 Å². The van der Waals surface area contributed by atoms with Crippen LogP contribution in [0.5, 0.6) is 0 Å². The number of anilines is 1. The highest BCUT2D eigenvalue weighted by molar-refractivity contribution is 7.89. The maximum Gasteiger partial charge on any atom is 0.407 e. The smallest absolute Gasteiger partial charge is 0.407 e. The van der Waals surface area contributed by atoms with Gasteiger partial charge in [0.15, 0.2) is 0 Å². The minimum absolute atomic E-state index is 0.111. The number of halogens is 2. The lowest BCUT2D eigenvalue weighted by Crippen LogP contribution is -2.58. The van der Waals surface area contributed by atoms with E-state index in [1.54, 1.807) is 34.6 Å². The summed E-state index contributed by atoms with van der Waals surface area (Å²) in [5.74, 6) is -0.901. The van der Waals surface area contributed by atoms with Gasteiger partial charge in [-0.25, -0.2) is 17.6 Å². The first-order valence-electron chi connectivity index (χ1n) is 14.3. The van der Waals surface area contributed by atoms with Crippen LogP contribution in [0.1, 0.15) is 43.2 Å². The molecule has 2 aromatic carbocycles. The molecule has 42 heavy (non-hydrogen) atoms. The number of rotatable bonds is 7. The van der Waals surface area contributed by atoms with Gasteiger partial charge in [-0.05, 0) is 68.4 Å². The zero-order chi connectivity index (χ0) is 30.1. The molecule has 0 radical (unpaired) electrons. The summed E-state index contributed by atoms with van der Waals surface area (Å²) < 4.78 is 42.5. The molecule has 5 N–H and O–H groups in total. The van der Waals surface area contributed by atoms with E-state index in [4.69, 9.17) is 17.3 Å². The number of hydrogen-bond donors (Lipinski definition) is 4. The molecule has 0 spiro atoms. The van der Waals surface area contributed by atoms with Crippen LogP contribution in [0.4, 0.5) is 14.9 Å². The summed E-state index contributed by atoms with van der Waals surface area (Å²) in [6, 6.07) is 10.2. The third-order valence-electron chi connectivity index (χ3n) is 9.09. The van der Waals surface area contributed by atoms with Crippen LogP contribution in [-0.4, -0.2) is 84.8 Å². The Balaban J connectivity index is 1.35. The SMILES string of the molecule is NC(C(=O)Nc1cccc(F)c1CC[C@H]1CN[C@@H]2CCCS(=O)(=O)N1C2)C1(c2ccc(Cl)cc2)CCN(C(=O)O)CC1. The molecule has 5 rings (SSSR count). The molecule has 3 fully saturated rings. The van der Waals surface area contributed by atoms with E-state index in [0.717, 1.165) is 12.0 Å². The molecule has 3 saturated heterocycles. The normalized spacial score (nSPS) is 25.7. The van der Waals surface area contributed by atoms with E-state index in [2.05, 4.69) is 10.6 Å². The fraction of sp³-hybridized carbons (Fsp3) is 0.517. The van der Waals surface area contributed by atoms with Crippen LogP contribution in [0.25, 0.3) is 0 Å². The topological polar surface area (TPSA) is 145 Å². The summed E-state index contributed by atoms with van der Waals surface area (Å²) in [5.41, 5.74) is 7.14. The predicted octanol–water partition coefficient (Wildman–Crippen LogP) is 3.16. The molecule has 0 aliphatic carbocycles. The zero-order valence-electron chi connectivity index (χ0n) is 23.3. The lowest BCUT2D eigenvalue weighted by atomic mass is 9.67. The maximum atomic E-state index is 15.2. The molecule has 3 aliphatic heterocycles. The molecule has 228 valence electrons. The Labute approximate surface area is 250 Å². The second-order valence-electron chi connectivity index (χ2n) is 11.5. The molecule has 3 aliphatic rings. The Morgan fingerprint density at radius 1 is 1.19 bits per heavy atom. The fourth-order valence-corrected chi connectivity index (χ4v) is 8.54. The number of carboxylic acid groups (broad SMARTS) is 1. The summed E-state index contributed by atoms with van der Waals surface area (Å²) in [7, 11) is -3.39. The van der Waals surface area contributed by atoms with Crippen LogP contribution in [0, 0.1) is 5.82 Å². The van der Waals surface area contributed by atoms with Gasteiger partial charge >= 0.3 is 6.09 Å². The number of sulfonamides is 1. The number of piperidine rings is 1. The van der Waals surface area contributed by atoms with Crippen molar-refractivity contribution in [2.24, 2.45) is 5.73 Å². The highest BCUT2D eigenvalue weighted by atomic mass is 35.5. The molecule has 0 aromatic heterocycles. The second-order valence-corrected chi connectivity index (χ2v) is 14.0. The lowest BCUT2D eigenvalue weighted by Gasteiger charge is -2.44. The Kier molecular flexibility index (Phi) is 9.10. The van der Waals surface area contributed by atoms with E-state index in [1.165, 1.54) is 17.0 Å². The van der Waals surface area contributed by atoms with Crippen LogP contribution in [-0.2, 0) is 26.7 Å². The zero-order valence-corrected chi connectivity index (χ0v) is 24.8. The number of benzene rings is 2. The first kappa shape index (κ1) is 30.7. The van der Waals surface area contributed by atoms with Gasteiger partial charge in [-0.3, -0.25) is 4.79 Å². The third kappa shape index (κ3) is 6.28. The Morgan fingerprint density at radius 3 is 2.60 bits per heavy atom. The van der Waals surface area contributed by atoms with Crippen LogP contribution < -0.4 is 16.4 Å². The van der Waals surface area contributed by atoms with Crippen molar-refractivity contribution in [2.45, 2.75) is 62.1 Å². The van der Waals surface area contributed by atoms with E-state index >= 15 is 4.39 Å². The molecular formula is C29H37ClFN5O5S. The van der Waals surface area contributed by atoms with E-state index < -0.39 is 39.3 Å². The van der Waals surface area contributed by atoms with Gasteiger partial charge in [0.2, 0.25) is 15.9 Å². The predicted molar refractivity (Wildman–Crippen MR) is 159 cm³/mol. The van der Waals surface area contributed by atoms with Crippen molar-refractivity contribution in [1.82, 2.24) is 14.5 Å². The monoisotopic (exact) mass is 621 g/mol. The van der Waals surface area contributed by atoms with Gasteiger partial charge in [-0.15, -0.1) is 0 Å². The number of piperazine rings is 1. The van der Waals surface area contributed by atoms with Crippen LogP contribution in [0.2, 0.25) is 5.02 Å². The summed E-state index contributed by atoms with van der Waals surface area (Å²) in [5, 5.41) is 16.3. The number of amides is 2. The lowest BCUT2D eigenvalue weighted by molar-refractivity contribution is -0.119. The standard InChI is InChI=1S/C29H37ClFN5O5S/c30-20-8-6-19(7-9-20)29(12-14-35(15-13-29)28(38)39)26(32)27(37)34-25-5-1-4-24(31)23(25)11-10-22-17-33-21-3-2-16-42(40,41)36(22)18-21/h1,4-9,21-22,26,33H,2-3,10-18,32H2,(H,34,37)(H,38,39)/t21-,22+,26?/m1/s1. The van der Waals surface area contributed by atoms with Crippen molar-refractivity contribution in [2.75, 3.05) is 37.2 Å². The minimum atomic E-state index is -3.39. The summed E-state index contributed by atoms with van der Waals surface area (Å²) in [4.78, 5) is 26.6. The third-order valence-corrected chi connectivity index (χ3v) is 11.3. The molecule has 4 atom stereocenters. The average Bonchev–Trinajstić information content (AvgIpc) is 3.08. The summed E-state index contributed by atoms with van der Waals surface area (Å²) >= 11 is 6.11. The van der Waals surface area contributed by atoms with E-state index in [1.807, 2.05) is 0 Å². The molecule has 3 heterocycles. The number of likely N-dealkylation sites (tertiary alicyclic amines) is 1. The fourth-order valence-electron chi connectivity index (χ4n) is 6.61. The van der Waals surface area contributed by atoms with Crippen LogP contribution in [0.15, 0.2) is 42.5 Å². The number of hydrogen-bond acceptors (Lipinski definition) is 6. The molecule has 10 nitrogen and oxygen atoms in total. The number of fused-ring (bicyclic) bond motifs is 2. The first-order valence-corrected chi connectivity index (χ1v) is 16.3. The second kappa shape index (κ2) is 12.5. The van der Waals surface area contributed by atoms with Gasteiger partial charge in [0.25, 0.3) is 0 Å². The maximum absolute atomic E-state index is 15.2. The number of nitrogens with one attached hydrogen (secondary N) is 2. The van der Waals surface area contributed by atoms with Gasteiger partial charge in [-0.2, -0.15) is 4.31 Å². The Bertz CT molecular complexity index is 1420.